The minimum atomic E-state index is -2.72. The van der Waals surface area contributed by atoms with Gasteiger partial charge in [0.1, 0.15) is 28.6 Å². The molecule has 11 heteroatoms. The van der Waals surface area contributed by atoms with Crippen molar-refractivity contribution in [3.63, 3.8) is 0 Å². The standard InChI is InChI=1S/C21H22FN3O7/c1-25(2)14-8-4-6-3-7-5-9(22)13(23)16(27)10(7)15(26)11(6)18(29)21(8,32)19(30)12(17(14)28)20(24)31/h5-6,8,14,26-27,30,32H,3-4,23H2,1-2H3,(H2,24,31)/t6-,8-,14-,21-/m0/s1. The summed E-state index contributed by atoms with van der Waals surface area (Å²) in [7, 11) is 3.01. The van der Waals surface area contributed by atoms with Crippen LogP contribution >= 0.6 is 0 Å². The lowest BCUT2D eigenvalue weighted by Gasteiger charge is -2.50. The number of hydrogen-bond donors (Lipinski definition) is 6. The van der Waals surface area contributed by atoms with Gasteiger partial charge in [-0.1, -0.05) is 0 Å². The second-order valence-corrected chi connectivity index (χ2v) is 8.62. The van der Waals surface area contributed by atoms with Crippen LogP contribution in [0.25, 0.3) is 5.76 Å². The molecule has 10 nitrogen and oxygen atoms in total. The first-order valence-corrected chi connectivity index (χ1v) is 9.78. The van der Waals surface area contributed by atoms with Crippen LogP contribution in [0, 0.1) is 17.7 Å². The molecule has 1 amide bonds. The van der Waals surface area contributed by atoms with Crippen molar-refractivity contribution in [3.05, 3.63) is 39.9 Å². The molecule has 0 bridgehead atoms. The van der Waals surface area contributed by atoms with E-state index in [9.17, 15) is 39.2 Å². The van der Waals surface area contributed by atoms with Gasteiger partial charge in [0.25, 0.3) is 5.91 Å². The third kappa shape index (κ3) is 2.55. The summed E-state index contributed by atoms with van der Waals surface area (Å²) in [5.74, 6) is -8.79. The number of fused-ring (bicyclic) bond motifs is 3. The highest BCUT2D eigenvalue weighted by Gasteiger charge is 2.64. The summed E-state index contributed by atoms with van der Waals surface area (Å²) < 4.78 is 14.1. The van der Waals surface area contributed by atoms with E-state index in [4.69, 9.17) is 11.5 Å². The number of anilines is 1. The molecule has 0 saturated heterocycles. The van der Waals surface area contributed by atoms with Gasteiger partial charge in [0.2, 0.25) is 5.78 Å². The molecule has 1 aromatic carbocycles. The first-order chi connectivity index (χ1) is 14.8. The van der Waals surface area contributed by atoms with Crippen molar-refractivity contribution in [2.24, 2.45) is 17.6 Å². The maximum Gasteiger partial charge on any atom is 0.255 e. The molecule has 0 aliphatic heterocycles. The van der Waals surface area contributed by atoms with Crippen LogP contribution in [0.1, 0.15) is 17.5 Å². The zero-order valence-corrected chi connectivity index (χ0v) is 17.2. The Morgan fingerprint density at radius 2 is 1.88 bits per heavy atom. The summed E-state index contributed by atoms with van der Waals surface area (Å²) in [5.41, 5.74) is 6.15. The molecule has 170 valence electrons. The van der Waals surface area contributed by atoms with Crippen LogP contribution in [0.2, 0.25) is 0 Å². The van der Waals surface area contributed by atoms with Crippen LogP contribution in [-0.2, 0) is 20.8 Å². The average Bonchev–Trinajstić information content (AvgIpc) is 2.68. The third-order valence-corrected chi connectivity index (χ3v) is 6.70. The fourth-order valence-electron chi connectivity index (χ4n) is 5.28. The van der Waals surface area contributed by atoms with Crippen LogP contribution in [0.15, 0.2) is 23.0 Å². The second-order valence-electron chi connectivity index (χ2n) is 8.62. The molecule has 0 unspecified atom stereocenters. The number of benzene rings is 1. The molecule has 4 rings (SSSR count). The highest BCUT2D eigenvalue weighted by Crippen LogP contribution is 2.53. The normalized spacial score (nSPS) is 29.7. The summed E-state index contributed by atoms with van der Waals surface area (Å²) in [6, 6.07) is -0.135. The number of halogens is 1. The van der Waals surface area contributed by atoms with E-state index >= 15 is 0 Å². The highest BCUT2D eigenvalue weighted by atomic mass is 19.1. The van der Waals surface area contributed by atoms with Gasteiger partial charge in [0, 0.05) is 11.5 Å². The number of amides is 1. The fraction of sp³-hybridized carbons (Fsp3) is 0.381. The van der Waals surface area contributed by atoms with E-state index in [0.29, 0.717) is 0 Å². The fourth-order valence-corrected chi connectivity index (χ4v) is 5.28. The van der Waals surface area contributed by atoms with E-state index in [2.05, 4.69) is 0 Å². The van der Waals surface area contributed by atoms with Crippen molar-refractivity contribution >= 4 is 28.9 Å². The summed E-state index contributed by atoms with van der Waals surface area (Å²) in [6.07, 6.45) is -0.0716. The van der Waals surface area contributed by atoms with E-state index in [1.54, 1.807) is 0 Å². The van der Waals surface area contributed by atoms with Gasteiger partial charge in [-0.3, -0.25) is 19.3 Å². The molecule has 0 spiro atoms. The molecule has 8 N–H and O–H groups in total. The number of phenols is 1. The number of rotatable bonds is 2. The quantitative estimate of drug-likeness (QED) is 0.201. The monoisotopic (exact) mass is 447 g/mol. The second kappa shape index (κ2) is 6.78. The van der Waals surface area contributed by atoms with E-state index in [0.717, 1.165) is 6.07 Å². The van der Waals surface area contributed by atoms with Crippen LogP contribution in [-0.4, -0.2) is 68.5 Å². The Morgan fingerprint density at radius 3 is 2.44 bits per heavy atom. The summed E-state index contributed by atoms with van der Waals surface area (Å²) in [5, 5.41) is 43.2. The maximum atomic E-state index is 14.1. The van der Waals surface area contributed by atoms with Gasteiger partial charge in [-0.05, 0) is 44.5 Å². The minimum absolute atomic E-state index is 0.000696. The number of primary amides is 1. The number of carbonyl (C=O) groups excluding carboxylic acids is 3. The van der Waals surface area contributed by atoms with Gasteiger partial charge in [0.05, 0.1) is 11.6 Å². The molecular weight excluding hydrogens is 425 g/mol. The molecule has 0 aromatic heterocycles. The van der Waals surface area contributed by atoms with Crippen molar-refractivity contribution in [3.8, 4) is 5.75 Å². The zero-order chi connectivity index (χ0) is 23.9. The summed E-state index contributed by atoms with van der Waals surface area (Å²) in [4.78, 5) is 39.7. The predicted molar refractivity (Wildman–Crippen MR) is 109 cm³/mol. The van der Waals surface area contributed by atoms with Crippen LogP contribution in [0.3, 0.4) is 0 Å². The van der Waals surface area contributed by atoms with E-state index < -0.39 is 75.3 Å². The molecule has 3 aliphatic rings. The molecule has 0 heterocycles. The smallest absolute Gasteiger partial charge is 0.255 e. The highest BCUT2D eigenvalue weighted by molar-refractivity contribution is 6.24. The first-order valence-electron chi connectivity index (χ1n) is 9.78. The third-order valence-electron chi connectivity index (χ3n) is 6.70. The van der Waals surface area contributed by atoms with Crippen molar-refractivity contribution in [2.75, 3.05) is 19.8 Å². The number of nitrogen functional groups attached to an aromatic ring is 1. The molecule has 1 saturated carbocycles. The number of nitrogens with zero attached hydrogens (tertiary/aromatic N) is 1. The van der Waals surface area contributed by atoms with Crippen molar-refractivity contribution in [1.29, 1.82) is 0 Å². The number of ketones is 2. The lowest BCUT2D eigenvalue weighted by atomic mass is 9.57. The Labute approximate surface area is 181 Å². The Bertz CT molecular complexity index is 1170. The van der Waals surface area contributed by atoms with Crippen molar-refractivity contribution < 1.29 is 39.2 Å². The van der Waals surface area contributed by atoms with Gasteiger partial charge < -0.3 is 31.9 Å². The van der Waals surface area contributed by atoms with Crippen LogP contribution < -0.4 is 11.5 Å². The molecule has 4 atom stereocenters. The molecular formula is C21H22FN3O7. The zero-order valence-electron chi connectivity index (χ0n) is 17.2. The summed E-state index contributed by atoms with van der Waals surface area (Å²) in [6.45, 7) is 0. The number of phenolic OH excluding ortho intramolecular Hbond substituents is 1. The van der Waals surface area contributed by atoms with Gasteiger partial charge in [-0.15, -0.1) is 0 Å². The number of Topliss-reactive ketones (excluding diaryl/α,β-unsaturated/α-hetero) is 2. The number of likely N-dealkylation sites (N-methyl/N-ethyl adjacent to an activating group) is 1. The number of carbonyl (C=O) groups is 3. The van der Waals surface area contributed by atoms with Gasteiger partial charge in [0.15, 0.2) is 17.1 Å². The van der Waals surface area contributed by atoms with Crippen LogP contribution in [0.5, 0.6) is 5.75 Å². The number of hydrogen-bond acceptors (Lipinski definition) is 9. The molecule has 0 radical (unpaired) electrons. The average molecular weight is 447 g/mol. The molecule has 32 heavy (non-hydrogen) atoms. The molecule has 3 aliphatic carbocycles. The topological polar surface area (TPSA) is 187 Å². The lowest BCUT2D eigenvalue weighted by Crippen LogP contribution is -2.65. The Balaban J connectivity index is 1.99. The van der Waals surface area contributed by atoms with Crippen LogP contribution in [0.4, 0.5) is 10.1 Å². The minimum Gasteiger partial charge on any atom is -0.508 e. The Hall–Kier alpha value is -3.44. The van der Waals surface area contributed by atoms with Gasteiger partial charge in [-0.2, -0.15) is 0 Å². The predicted octanol–water partition coefficient (Wildman–Crippen LogP) is -0.315. The lowest BCUT2D eigenvalue weighted by molar-refractivity contribution is -0.153. The Kier molecular flexibility index (Phi) is 4.61. The van der Waals surface area contributed by atoms with E-state index in [1.807, 2.05) is 0 Å². The summed E-state index contributed by atoms with van der Waals surface area (Å²) >= 11 is 0. The number of aromatic hydroxyl groups is 1. The Morgan fingerprint density at radius 1 is 1.25 bits per heavy atom. The first kappa shape index (κ1) is 21.8. The number of aliphatic hydroxyl groups is 3. The maximum absolute atomic E-state index is 14.1. The number of nitrogens with two attached hydrogens (primary N) is 2. The SMILES string of the molecule is CN(C)[C@@H]1C(=O)C(C(N)=O)=C(O)[C@@]2(O)C(=O)C3=C(O)c4c(cc(F)c(N)c4O)C[C@H]3C[C@@H]12. The molecule has 1 fully saturated rings. The van der Waals surface area contributed by atoms with Crippen molar-refractivity contribution in [2.45, 2.75) is 24.5 Å². The van der Waals surface area contributed by atoms with Gasteiger partial charge >= 0.3 is 0 Å². The van der Waals surface area contributed by atoms with E-state index in [-0.39, 0.29) is 29.5 Å². The largest absolute Gasteiger partial charge is 0.508 e. The number of aliphatic hydroxyl groups excluding tert-OH is 2. The van der Waals surface area contributed by atoms with Crippen molar-refractivity contribution in [1.82, 2.24) is 4.90 Å². The van der Waals surface area contributed by atoms with Gasteiger partial charge in [-0.25, -0.2) is 4.39 Å². The van der Waals surface area contributed by atoms with E-state index in [1.165, 1.54) is 19.0 Å². The molecule has 1 aromatic rings.